The molecule has 2 atom stereocenters. The summed E-state index contributed by atoms with van der Waals surface area (Å²) in [7, 11) is 0. The van der Waals surface area contributed by atoms with Gasteiger partial charge in [-0.3, -0.25) is 4.79 Å². The van der Waals surface area contributed by atoms with Gasteiger partial charge in [0.05, 0.1) is 24.7 Å². The number of rotatable bonds is 7. The zero-order valence-electron chi connectivity index (χ0n) is 14.6. The molecular weight excluding hydrogens is 296 g/mol. The molecular formula is C18H30O5. The van der Waals surface area contributed by atoms with Gasteiger partial charge in [0, 0.05) is 12.8 Å². The van der Waals surface area contributed by atoms with Gasteiger partial charge in [0.2, 0.25) is 6.29 Å². The van der Waals surface area contributed by atoms with E-state index < -0.39 is 11.5 Å². The van der Waals surface area contributed by atoms with Crippen LogP contribution in [0, 0.1) is 17.4 Å². The second-order valence-corrected chi connectivity index (χ2v) is 6.91. The molecule has 0 aromatic rings. The Morgan fingerprint density at radius 3 is 2.78 bits per heavy atom. The highest BCUT2D eigenvalue weighted by Gasteiger charge is 2.22. The molecule has 1 heterocycles. The minimum Gasteiger partial charge on any atom is -0.465 e. The quantitative estimate of drug-likeness (QED) is 0.442. The first-order chi connectivity index (χ1) is 10.9. The van der Waals surface area contributed by atoms with Crippen LogP contribution in [0.1, 0.15) is 65.7 Å². The minimum atomic E-state index is -0.476. The summed E-state index contributed by atoms with van der Waals surface area (Å²) in [6.45, 7) is 6.56. The predicted octanol–water partition coefficient (Wildman–Crippen LogP) is 3.00. The van der Waals surface area contributed by atoms with Gasteiger partial charge in [-0.2, -0.15) is 0 Å². The first-order valence-electron chi connectivity index (χ1n) is 8.50. The Bertz CT molecular complexity index is 396. The average molecular weight is 326 g/mol. The van der Waals surface area contributed by atoms with Crippen molar-refractivity contribution in [3.8, 4) is 12.0 Å². The highest BCUT2D eigenvalue weighted by molar-refractivity contribution is 5.75. The minimum absolute atomic E-state index is 0.196. The van der Waals surface area contributed by atoms with Crippen LogP contribution in [0.25, 0.3) is 0 Å². The van der Waals surface area contributed by atoms with Crippen LogP contribution in [-0.2, 0) is 19.0 Å². The Hall–Kier alpha value is -1.25. The van der Waals surface area contributed by atoms with Gasteiger partial charge in [0.1, 0.15) is 6.11 Å². The number of aliphatic hydroxyl groups is 1. The maximum Gasteiger partial charge on any atom is 0.311 e. The number of hydrogen-bond acceptors (Lipinski definition) is 5. The highest BCUT2D eigenvalue weighted by atomic mass is 16.7. The molecule has 1 fully saturated rings. The van der Waals surface area contributed by atoms with Gasteiger partial charge in [-0.1, -0.05) is 5.92 Å². The monoisotopic (exact) mass is 326 g/mol. The molecule has 1 rings (SSSR count). The average Bonchev–Trinajstić information content (AvgIpc) is 2.51. The number of hydrogen-bond donors (Lipinski definition) is 1. The SMILES string of the molecule is CC(C)(C)C(=O)OCCC[C@@H](O)CCC#CO[C@H]1CCCCO1. The number of esters is 1. The van der Waals surface area contributed by atoms with Crippen molar-refractivity contribution in [3.63, 3.8) is 0 Å². The fourth-order valence-electron chi connectivity index (χ4n) is 2.05. The van der Waals surface area contributed by atoms with Crippen molar-refractivity contribution in [1.29, 1.82) is 0 Å². The normalized spacial score (nSPS) is 19.4. The van der Waals surface area contributed by atoms with Crippen molar-refractivity contribution >= 4 is 5.97 Å². The van der Waals surface area contributed by atoms with E-state index in [2.05, 4.69) is 12.0 Å². The number of aliphatic hydroxyl groups excluding tert-OH is 1. The Labute approximate surface area is 139 Å². The molecule has 0 unspecified atom stereocenters. The maximum absolute atomic E-state index is 11.6. The molecule has 0 amide bonds. The van der Waals surface area contributed by atoms with E-state index in [1.807, 2.05) is 20.8 Å². The molecule has 1 aliphatic heterocycles. The van der Waals surface area contributed by atoms with Crippen molar-refractivity contribution in [3.05, 3.63) is 0 Å². The third-order valence-electron chi connectivity index (χ3n) is 3.53. The molecule has 5 nitrogen and oxygen atoms in total. The predicted molar refractivity (Wildman–Crippen MR) is 87.3 cm³/mol. The largest absolute Gasteiger partial charge is 0.465 e. The lowest BCUT2D eigenvalue weighted by Gasteiger charge is -2.19. The molecule has 0 aromatic carbocycles. The molecule has 0 aliphatic carbocycles. The molecule has 5 heteroatoms. The summed E-state index contributed by atoms with van der Waals surface area (Å²) in [4.78, 5) is 11.6. The number of carbonyl (C=O) groups is 1. The van der Waals surface area contributed by atoms with Gasteiger partial charge in [-0.25, -0.2) is 0 Å². The van der Waals surface area contributed by atoms with Crippen LogP contribution in [0.3, 0.4) is 0 Å². The van der Waals surface area contributed by atoms with Crippen LogP contribution in [-0.4, -0.2) is 36.7 Å². The topological polar surface area (TPSA) is 65.0 Å². The molecule has 0 radical (unpaired) electrons. The van der Waals surface area contributed by atoms with Crippen LogP contribution in [0.4, 0.5) is 0 Å². The standard InChI is InChI=1S/C18H30O5/c1-18(2,3)17(20)23-14-8-10-15(19)9-4-6-12-21-16-11-5-7-13-22-16/h15-16,19H,4-5,7-11,13-14H2,1-3H3/t15-,16+/m0/s1. The Balaban J connectivity index is 2.02. The molecule has 1 N–H and O–H groups in total. The number of carbonyl (C=O) groups excluding carboxylic acids is 1. The van der Waals surface area contributed by atoms with Gasteiger partial charge >= 0.3 is 5.97 Å². The molecule has 132 valence electrons. The molecule has 0 bridgehead atoms. The first kappa shape index (κ1) is 19.8. The molecule has 0 spiro atoms. The van der Waals surface area contributed by atoms with Crippen LogP contribution in [0.5, 0.6) is 0 Å². The van der Waals surface area contributed by atoms with Gasteiger partial charge in [0.25, 0.3) is 0 Å². The molecule has 1 saturated heterocycles. The molecule has 23 heavy (non-hydrogen) atoms. The Morgan fingerprint density at radius 1 is 1.35 bits per heavy atom. The highest BCUT2D eigenvalue weighted by Crippen LogP contribution is 2.16. The third-order valence-corrected chi connectivity index (χ3v) is 3.53. The van der Waals surface area contributed by atoms with Crippen LogP contribution >= 0.6 is 0 Å². The van der Waals surface area contributed by atoms with Gasteiger partial charge < -0.3 is 19.3 Å². The fraction of sp³-hybridized carbons (Fsp3) is 0.833. The summed E-state index contributed by atoms with van der Waals surface area (Å²) in [5.74, 6) is 2.69. The van der Waals surface area contributed by atoms with E-state index in [1.165, 1.54) is 0 Å². The summed E-state index contributed by atoms with van der Waals surface area (Å²) in [6.07, 6.45) is 7.56. The van der Waals surface area contributed by atoms with E-state index in [0.29, 0.717) is 32.3 Å². The second kappa shape index (κ2) is 10.5. The van der Waals surface area contributed by atoms with E-state index in [9.17, 15) is 9.90 Å². The van der Waals surface area contributed by atoms with Crippen molar-refractivity contribution < 1.29 is 24.1 Å². The first-order valence-corrected chi connectivity index (χ1v) is 8.50. The summed E-state index contributed by atoms with van der Waals surface area (Å²) in [5, 5.41) is 9.85. The smallest absolute Gasteiger partial charge is 0.311 e. The van der Waals surface area contributed by atoms with E-state index in [-0.39, 0.29) is 12.3 Å². The van der Waals surface area contributed by atoms with Crippen LogP contribution in [0.2, 0.25) is 0 Å². The van der Waals surface area contributed by atoms with E-state index in [1.54, 1.807) is 0 Å². The van der Waals surface area contributed by atoms with Crippen molar-refractivity contribution in [1.82, 2.24) is 0 Å². The molecule has 0 aromatic heterocycles. The van der Waals surface area contributed by atoms with Gasteiger partial charge in [-0.15, -0.1) is 0 Å². The third kappa shape index (κ3) is 9.47. The number of ether oxygens (including phenoxy) is 3. The second-order valence-electron chi connectivity index (χ2n) is 6.91. The van der Waals surface area contributed by atoms with Crippen molar-refractivity contribution in [2.24, 2.45) is 5.41 Å². The van der Waals surface area contributed by atoms with Gasteiger partial charge in [0.15, 0.2) is 0 Å². The van der Waals surface area contributed by atoms with Crippen molar-refractivity contribution in [2.45, 2.75) is 78.1 Å². The Morgan fingerprint density at radius 2 is 2.13 bits per heavy atom. The van der Waals surface area contributed by atoms with E-state index >= 15 is 0 Å². The molecule has 0 saturated carbocycles. The van der Waals surface area contributed by atoms with Crippen molar-refractivity contribution in [2.75, 3.05) is 13.2 Å². The molecule has 1 aliphatic rings. The summed E-state index contributed by atoms with van der Waals surface area (Å²) < 4.78 is 15.9. The van der Waals surface area contributed by atoms with Gasteiger partial charge in [-0.05, 0) is 52.9 Å². The zero-order valence-corrected chi connectivity index (χ0v) is 14.6. The van der Waals surface area contributed by atoms with E-state index in [0.717, 1.165) is 25.9 Å². The lowest BCUT2D eigenvalue weighted by Crippen LogP contribution is -2.23. The van der Waals surface area contributed by atoms with Crippen LogP contribution < -0.4 is 0 Å². The summed E-state index contributed by atoms with van der Waals surface area (Å²) >= 11 is 0. The summed E-state index contributed by atoms with van der Waals surface area (Å²) in [6, 6.07) is 0. The fourth-order valence-corrected chi connectivity index (χ4v) is 2.05. The van der Waals surface area contributed by atoms with Crippen LogP contribution in [0.15, 0.2) is 0 Å². The lowest BCUT2D eigenvalue weighted by atomic mass is 9.97. The zero-order chi connectivity index (χ0) is 17.1. The Kier molecular flexibility index (Phi) is 9.05. The summed E-state index contributed by atoms with van der Waals surface area (Å²) in [5.41, 5.74) is -0.476. The lowest BCUT2D eigenvalue weighted by molar-refractivity contribution is -0.153. The maximum atomic E-state index is 11.6. The van der Waals surface area contributed by atoms with E-state index in [4.69, 9.17) is 14.2 Å².